The second-order valence-electron chi connectivity index (χ2n) is 4.33. The Morgan fingerprint density at radius 1 is 1.27 bits per heavy atom. The predicted molar refractivity (Wildman–Crippen MR) is 60.7 cm³/mol. The van der Waals surface area contributed by atoms with E-state index in [9.17, 15) is 4.79 Å². The molecule has 0 amide bonds. The third-order valence-corrected chi connectivity index (χ3v) is 3.44. The van der Waals surface area contributed by atoms with Gasteiger partial charge >= 0.3 is 5.97 Å². The van der Waals surface area contributed by atoms with Crippen molar-refractivity contribution in [2.75, 3.05) is 20.2 Å². The van der Waals surface area contributed by atoms with Gasteiger partial charge in [-0.3, -0.25) is 4.79 Å². The fraction of sp³-hybridized carbons (Fsp3) is 0.917. The largest absolute Gasteiger partial charge is 0.466 e. The van der Waals surface area contributed by atoms with Gasteiger partial charge < -0.3 is 9.64 Å². The average Bonchev–Trinajstić information content (AvgIpc) is 2.28. The van der Waals surface area contributed by atoms with E-state index in [-0.39, 0.29) is 11.9 Å². The van der Waals surface area contributed by atoms with Crippen LogP contribution in [0.5, 0.6) is 0 Å². The van der Waals surface area contributed by atoms with E-state index in [1.165, 1.54) is 0 Å². The Kier molecular flexibility index (Phi) is 5.09. The Hall–Kier alpha value is -0.570. The summed E-state index contributed by atoms with van der Waals surface area (Å²) < 4.78 is 5.05. The minimum absolute atomic E-state index is 0.00935. The molecule has 0 radical (unpaired) electrons. The molecule has 1 aliphatic carbocycles. The molecule has 0 aromatic heterocycles. The molecule has 15 heavy (non-hydrogen) atoms. The first-order chi connectivity index (χ1) is 7.19. The van der Waals surface area contributed by atoms with Crippen LogP contribution in [0.4, 0.5) is 0 Å². The summed E-state index contributed by atoms with van der Waals surface area (Å²) >= 11 is 0. The molecule has 0 aromatic rings. The fourth-order valence-electron chi connectivity index (χ4n) is 2.27. The molecule has 1 aliphatic rings. The molecule has 1 rings (SSSR count). The molecule has 0 saturated heterocycles. The molecule has 0 unspecified atom stereocenters. The average molecular weight is 213 g/mol. The van der Waals surface area contributed by atoms with Gasteiger partial charge in [0.15, 0.2) is 0 Å². The molecule has 0 atom stereocenters. The van der Waals surface area contributed by atoms with E-state index in [1.54, 1.807) is 0 Å². The number of carbonyl (C=O) groups is 1. The number of rotatable bonds is 4. The highest BCUT2D eigenvalue weighted by molar-refractivity contribution is 5.72. The van der Waals surface area contributed by atoms with E-state index in [0.29, 0.717) is 12.6 Å². The molecule has 3 nitrogen and oxygen atoms in total. The van der Waals surface area contributed by atoms with Crippen molar-refractivity contribution in [1.82, 2.24) is 4.90 Å². The quantitative estimate of drug-likeness (QED) is 0.669. The number of esters is 1. The molecule has 1 fully saturated rings. The topological polar surface area (TPSA) is 29.5 Å². The van der Waals surface area contributed by atoms with E-state index in [2.05, 4.69) is 18.9 Å². The molecule has 0 aromatic carbocycles. The van der Waals surface area contributed by atoms with Crippen LogP contribution in [0.3, 0.4) is 0 Å². The van der Waals surface area contributed by atoms with Crippen LogP contribution in [0.15, 0.2) is 0 Å². The third kappa shape index (κ3) is 3.49. The monoisotopic (exact) mass is 213 g/mol. The zero-order valence-corrected chi connectivity index (χ0v) is 10.2. The summed E-state index contributed by atoms with van der Waals surface area (Å²) in [6.07, 6.45) is 4.25. The standard InChI is InChI=1S/C12H23NO2/c1-4-13(3)11-8-6-10(7-9-11)12(14)15-5-2/h10-11H,4-9H2,1-3H3. The van der Waals surface area contributed by atoms with Gasteiger partial charge in [0.05, 0.1) is 12.5 Å². The minimum atomic E-state index is 0.00935. The maximum Gasteiger partial charge on any atom is 0.308 e. The first kappa shape index (κ1) is 12.5. The molecule has 88 valence electrons. The molecule has 0 N–H and O–H groups in total. The SMILES string of the molecule is CCOC(=O)C1CCC(N(C)CC)CC1. The van der Waals surface area contributed by atoms with E-state index < -0.39 is 0 Å². The zero-order chi connectivity index (χ0) is 11.3. The highest BCUT2D eigenvalue weighted by Crippen LogP contribution is 2.27. The number of ether oxygens (including phenoxy) is 1. The molecule has 3 heteroatoms. The summed E-state index contributed by atoms with van der Waals surface area (Å²) in [6, 6.07) is 0.667. The number of nitrogens with zero attached hydrogens (tertiary/aromatic N) is 1. The van der Waals surface area contributed by atoms with Crippen molar-refractivity contribution < 1.29 is 9.53 Å². The van der Waals surface area contributed by atoms with Crippen molar-refractivity contribution in [2.24, 2.45) is 5.92 Å². The van der Waals surface area contributed by atoms with Crippen LogP contribution in [-0.4, -0.2) is 37.1 Å². The molecule has 0 bridgehead atoms. The Balaban J connectivity index is 2.32. The first-order valence-corrected chi connectivity index (χ1v) is 6.05. The lowest BCUT2D eigenvalue weighted by molar-refractivity contribution is -0.149. The van der Waals surface area contributed by atoms with Crippen LogP contribution in [0.2, 0.25) is 0 Å². The summed E-state index contributed by atoms with van der Waals surface area (Å²) in [5.74, 6) is 0.168. The van der Waals surface area contributed by atoms with Crippen molar-refractivity contribution >= 4 is 5.97 Å². The minimum Gasteiger partial charge on any atom is -0.466 e. The Morgan fingerprint density at radius 3 is 2.33 bits per heavy atom. The zero-order valence-electron chi connectivity index (χ0n) is 10.2. The molecular formula is C12H23NO2. The Morgan fingerprint density at radius 2 is 1.87 bits per heavy atom. The van der Waals surface area contributed by atoms with E-state index in [4.69, 9.17) is 4.74 Å². The smallest absolute Gasteiger partial charge is 0.308 e. The number of carbonyl (C=O) groups excluding carboxylic acids is 1. The molecule has 0 spiro atoms. The van der Waals surface area contributed by atoms with Gasteiger partial charge in [0.25, 0.3) is 0 Å². The predicted octanol–water partition coefficient (Wildman–Crippen LogP) is 2.06. The molecule has 0 heterocycles. The van der Waals surface area contributed by atoms with Gasteiger partial charge in [-0.05, 0) is 46.2 Å². The van der Waals surface area contributed by atoms with Gasteiger partial charge in [-0.25, -0.2) is 0 Å². The van der Waals surface area contributed by atoms with E-state index >= 15 is 0 Å². The third-order valence-electron chi connectivity index (χ3n) is 3.44. The maximum atomic E-state index is 11.5. The van der Waals surface area contributed by atoms with Crippen molar-refractivity contribution in [3.8, 4) is 0 Å². The van der Waals surface area contributed by atoms with Crippen LogP contribution in [-0.2, 0) is 9.53 Å². The lowest BCUT2D eigenvalue weighted by Gasteiger charge is -2.33. The lowest BCUT2D eigenvalue weighted by Crippen LogP contribution is -2.36. The maximum absolute atomic E-state index is 11.5. The second-order valence-corrected chi connectivity index (χ2v) is 4.33. The van der Waals surface area contributed by atoms with Gasteiger partial charge in [0.2, 0.25) is 0 Å². The van der Waals surface area contributed by atoms with E-state index in [0.717, 1.165) is 32.2 Å². The van der Waals surface area contributed by atoms with Crippen LogP contribution in [0.1, 0.15) is 39.5 Å². The molecule has 0 aliphatic heterocycles. The summed E-state index contributed by atoms with van der Waals surface area (Å²) in [5.41, 5.74) is 0. The normalized spacial score (nSPS) is 26.7. The number of hydrogen-bond donors (Lipinski definition) is 0. The van der Waals surface area contributed by atoms with Crippen LogP contribution < -0.4 is 0 Å². The van der Waals surface area contributed by atoms with E-state index in [1.807, 2.05) is 6.92 Å². The van der Waals surface area contributed by atoms with Gasteiger partial charge in [-0.1, -0.05) is 6.92 Å². The highest BCUT2D eigenvalue weighted by Gasteiger charge is 2.28. The van der Waals surface area contributed by atoms with Gasteiger partial charge in [-0.2, -0.15) is 0 Å². The van der Waals surface area contributed by atoms with Crippen LogP contribution >= 0.6 is 0 Å². The van der Waals surface area contributed by atoms with Crippen molar-refractivity contribution in [3.05, 3.63) is 0 Å². The highest BCUT2D eigenvalue weighted by atomic mass is 16.5. The summed E-state index contributed by atoms with van der Waals surface area (Å²) in [5, 5.41) is 0. The summed E-state index contributed by atoms with van der Waals surface area (Å²) in [6.45, 7) is 5.65. The van der Waals surface area contributed by atoms with Crippen molar-refractivity contribution in [3.63, 3.8) is 0 Å². The summed E-state index contributed by atoms with van der Waals surface area (Å²) in [4.78, 5) is 13.9. The van der Waals surface area contributed by atoms with Gasteiger partial charge in [0.1, 0.15) is 0 Å². The van der Waals surface area contributed by atoms with Crippen LogP contribution in [0, 0.1) is 5.92 Å². The Bertz CT molecular complexity index is 198. The lowest BCUT2D eigenvalue weighted by atomic mass is 9.85. The number of hydrogen-bond acceptors (Lipinski definition) is 3. The second kappa shape index (κ2) is 6.11. The van der Waals surface area contributed by atoms with Crippen LogP contribution in [0.25, 0.3) is 0 Å². The van der Waals surface area contributed by atoms with Gasteiger partial charge in [0, 0.05) is 6.04 Å². The van der Waals surface area contributed by atoms with Gasteiger partial charge in [-0.15, -0.1) is 0 Å². The molecule has 1 saturated carbocycles. The molecular weight excluding hydrogens is 190 g/mol. The van der Waals surface area contributed by atoms with Crippen molar-refractivity contribution in [2.45, 2.75) is 45.6 Å². The van der Waals surface area contributed by atoms with Crippen molar-refractivity contribution in [1.29, 1.82) is 0 Å². The Labute approximate surface area is 92.8 Å². The summed E-state index contributed by atoms with van der Waals surface area (Å²) in [7, 11) is 2.16. The first-order valence-electron chi connectivity index (χ1n) is 6.05. The fourth-order valence-corrected chi connectivity index (χ4v) is 2.27.